The zero-order chi connectivity index (χ0) is 8.74. The van der Waals surface area contributed by atoms with Gasteiger partial charge in [-0.2, -0.15) is 0 Å². The summed E-state index contributed by atoms with van der Waals surface area (Å²) < 4.78 is 25.7. The van der Waals surface area contributed by atoms with Gasteiger partial charge in [-0.3, -0.25) is 4.57 Å². The summed E-state index contributed by atoms with van der Waals surface area (Å²) in [7, 11) is -1.24. The van der Waals surface area contributed by atoms with E-state index in [9.17, 15) is 4.57 Å². The second-order valence-corrected chi connectivity index (χ2v) is 4.07. The van der Waals surface area contributed by atoms with Gasteiger partial charge in [-0.1, -0.05) is 0 Å². The van der Waals surface area contributed by atoms with Gasteiger partial charge in [-0.05, 0) is 6.92 Å². The molecule has 0 spiro atoms. The lowest BCUT2D eigenvalue weighted by atomic mass is 10.8. The quantitative estimate of drug-likeness (QED) is 0.461. The van der Waals surface area contributed by atoms with Crippen LogP contribution in [-0.2, 0) is 18.3 Å². The topological polar surface area (TPSA) is 44.8 Å². The average Bonchev–Trinajstić information content (AvgIpc) is 1.87. The molecule has 68 valence electrons. The third-order valence-corrected chi connectivity index (χ3v) is 2.36. The molecule has 0 saturated heterocycles. The van der Waals surface area contributed by atoms with Crippen molar-refractivity contribution in [2.45, 2.75) is 6.92 Å². The molecule has 0 heterocycles. The number of hydrogen-bond donors (Lipinski definition) is 0. The van der Waals surface area contributed by atoms with Gasteiger partial charge in [0.1, 0.15) is 0 Å². The van der Waals surface area contributed by atoms with E-state index in [0.29, 0.717) is 19.8 Å². The van der Waals surface area contributed by atoms with E-state index in [2.05, 4.69) is 0 Å². The number of ether oxygens (including phenoxy) is 1. The minimum Gasteiger partial charge on any atom is -0.382 e. The molecule has 4 nitrogen and oxygen atoms in total. The summed E-state index contributed by atoms with van der Waals surface area (Å²) in [4.78, 5) is 0. The summed E-state index contributed by atoms with van der Waals surface area (Å²) >= 11 is 0. The maximum atomic E-state index is 11.2. The second kappa shape index (κ2) is 5.72. The highest BCUT2D eigenvalue weighted by Crippen LogP contribution is 2.43. The molecule has 5 heteroatoms. The van der Waals surface area contributed by atoms with Gasteiger partial charge in [0.15, 0.2) is 0 Å². The lowest BCUT2D eigenvalue weighted by Gasteiger charge is -2.11. The van der Waals surface area contributed by atoms with Crippen molar-refractivity contribution in [2.75, 3.05) is 33.6 Å². The Balaban J connectivity index is 3.47. The van der Waals surface area contributed by atoms with Crippen molar-refractivity contribution < 1.29 is 18.3 Å². The molecule has 0 aromatic rings. The first kappa shape index (κ1) is 11.1. The third kappa shape index (κ3) is 6.51. The lowest BCUT2D eigenvalue weighted by molar-refractivity contribution is 0.130. The summed E-state index contributed by atoms with van der Waals surface area (Å²) in [6.45, 7) is 4.37. The van der Waals surface area contributed by atoms with Crippen molar-refractivity contribution in [2.24, 2.45) is 0 Å². The van der Waals surface area contributed by atoms with Crippen LogP contribution < -0.4 is 0 Å². The number of rotatable bonds is 6. The van der Waals surface area contributed by atoms with Crippen LogP contribution in [-0.4, -0.2) is 33.6 Å². The van der Waals surface area contributed by atoms with E-state index in [0.717, 1.165) is 0 Å². The maximum Gasteiger partial charge on any atom is 0.327 e. The SMILES string of the molecule is CCOP(C)(=O)OCCOC. The van der Waals surface area contributed by atoms with Crippen LogP contribution >= 0.6 is 7.60 Å². The van der Waals surface area contributed by atoms with Gasteiger partial charge in [-0.15, -0.1) is 0 Å². The van der Waals surface area contributed by atoms with Gasteiger partial charge in [0, 0.05) is 13.8 Å². The van der Waals surface area contributed by atoms with Crippen LogP contribution in [0.15, 0.2) is 0 Å². The Hall–Kier alpha value is 0.110. The lowest BCUT2D eigenvalue weighted by Crippen LogP contribution is -2.01. The standard InChI is InChI=1S/C6H15O4P/c1-4-9-11(3,7)10-6-5-8-2/h4-6H2,1-3H3. The predicted octanol–water partition coefficient (Wildman–Crippen LogP) is 1.51. The minimum absolute atomic E-state index is 0.310. The fourth-order valence-corrected chi connectivity index (χ4v) is 1.51. The molecule has 0 aliphatic rings. The predicted molar refractivity (Wildman–Crippen MR) is 43.0 cm³/mol. The van der Waals surface area contributed by atoms with Crippen LogP contribution in [0.3, 0.4) is 0 Å². The first-order valence-electron chi connectivity index (χ1n) is 3.48. The van der Waals surface area contributed by atoms with E-state index < -0.39 is 7.60 Å². The Bertz CT molecular complexity index is 137. The zero-order valence-electron chi connectivity index (χ0n) is 7.20. The van der Waals surface area contributed by atoms with E-state index in [1.54, 1.807) is 14.0 Å². The van der Waals surface area contributed by atoms with Crippen LogP contribution in [0.4, 0.5) is 0 Å². The highest BCUT2D eigenvalue weighted by Gasteiger charge is 2.14. The number of methoxy groups -OCH3 is 1. The van der Waals surface area contributed by atoms with Gasteiger partial charge < -0.3 is 13.8 Å². The molecule has 1 unspecified atom stereocenters. The van der Waals surface area contributed by atoms with Gasteiger partial charge in [0.2, 0.25) is 0 Å². The van der Waals surface area contributed by atoms with E-state index >= 15 is 0 Å². The summed E-state index contributed by atoms with van der Waals surface area (Å²) in [6, 6.07) is 0. The van der Waals surface area contributed by atoms with Crippen LogP contribution in [0.2, 0.25) is 0 Å². The Morgan fingerprint density at radius 1 is 1.27 bits per heavy atom. The molecule has 1 atom stereocenters. The first-order chi connectivity index (χ1) is 5.12. The Kier molecular flexibility index (Phi) is 5.78. The molecular formula is C6H15O4P. The van der Waals surface area contributed by atoms with Gasteiger partial charge in [-0.25, -0.2) is 0 Å². The van der Waals surface area contributed by atoms with E-state index in [1.165, 1.54) is 6.66 Å². The summed E-state index contributed by atoms with van der Waals surface area (Å²) in [6.07, 6.45) is 0. The molecule has 0 aromatic carbocycles. The molecule has 0 aromatic heterocycles. The molecule has 0 rings (SSSR count). The maximum absolute atomic E-state index is 11.2. The third-order valence-electron chi connectivity index (χ3n) is 0.977. The van der Waals surface area contributed by atoms with Gasteiger partial charge >= 0.3 is 7.60 Å². The van der Waals surface area contributed by atoms with Crippen molar-refractivity contribution in [3.8, 4) is 0 Å². The second-order valence-electron chi connectivity index (χ2n) is 2.02. The molecule has 0 radical (unpaired) electrons. The van der Waals surface area contributed by atoms with Crippen molar-refractivity contribution >= 4 is 7.60 Å². The summed E-state index contributed by atoms with van der Waals surface area (Å²) in [5.74, 6) is 0. The molecular weight excluding hydrogens is 167 g/mol. The highest BCUT2D eigenvalue weighted by molar-refractivity contribution is 7.52. The smallest absolute Gasteiger partial charge is 0.327 e. The average molecular weight is 182 g/mol. The molecule has 0 bridgehead atoms. The first-order valence-corrected chi connectivity index (χ1v) is 5.47. The highest BCUT2D eigenvalue weighted by atomic mass is 31.2. The monoisotopic (exact) mass is 182 g/mol. The normalized spacial score (nSPS) is 16.3. The van der Waals surface area contributed by atoms with Crippen molar-refractivity contribution in [3.05, 3.63) is 0 Å². The fraction of sp³-hybridized carbons (Fsp3) is 1.00. The Morgan fingerprint density at radius 3 is 2.36 bits per heavy atom. The Labute approximate surface area is 67.4 Å². The summed E-state index contributed by atoms with van der Waals surface area (Å²) in [5, 5.41) is 0. The van der Waals surface area contributed by atoms with Crippen molar-refractivity contribution in [1.82, 2.24) is 0 Å². The van der Waals surface area contributed by atoms with E-state index in [-0.39, 0.29) is 0 Å². The molecule has 0 amide bonds. The molecule has 0 saturated carbocycles. The molecule has 0 aliphatic heterocycles. The molecule has 0 aliphatic carbocycles. The fourth-order valence-electron chi connectivity index (χ4n) is 0.558. The van der Waals surface area contributed by atoms with Crippen LogP contribution in [0.25, 0.3) is 0 Å². The number of hydrogen-bond acceptors (Lipinski definition) is 4. The molecule has 0 fully saturated rings. The van der Waals surface area contributed by atoms with Crippen LogP contribution in [0.1, 0.15) is 6.92 Å². The summed E-state index contributed by atoms with van der Waals surface area (Å²) in [5.41, 5.74) is 0. The zero-order valence-corrected chi connectivity index (χ0v) is 8.10. The molecule has 0 N–H and O–H groups in total. The minimum atomic E-state index is -2.80. The van der Waals surface area contributed by atoms with Crippen LogP contribution in [0, 0.1) is 0 Å². The van der Waals surface area contributed by atoms with E-state index in [1.807, 2.05) is 0 Å². The van der Waals surface area contributed by atoms with Gasteiger partial charge in [0.25, 0.3) is 0 Å². The van der Waals surface area contributed by atoms with Gasteiger partial charge in [0.05, 0.1) is 19.8 Å². The van der Waals surface area contributed by atoms with Crippen molar-refractivity contribution in [1.29, 1.82) is 0 Å². The molecule has 11 heavy (non-hydrogen) atoms. The van der Waals surface area contributed by atoms with Crippen molar-refractivity contribution in [3.63, 3.8) is 0 Å². The largest absolute Gasteiger partial charge is 0.382 e. The Morgan fingerprint density at radius 2 is 1.91 bits per heavy atom. The van der Waals surface area contributed by atoms with Crippen LogP contribution in [0.5, 0.6) is 0 Å². The van der Waals surface area contributed by atoms with E-state index in [4.69, 9.17) is 13.8 Å².